The highest BCUT2D eigenvalue weighted by atomic mass is 19.1. The van der Waals surface area contributed by atoms with Crippen LogP contribution in [-0.2, 0) is 0 Å². The number of hydrogen-bond donors (Lipinski definition) is 0. The van der Waals surface area contributed by atoms with Gasteiger partial charge in [0.2, 0.25) is 0 Å². The standard InChI is InChI=1S/C24H47F/c1-5-9-11-13-15-17-19-21-23(7-3)24(25,8-4)22-20-18-16-14-12-10-6-2/h8,23H,4-7,9-22H2,1-3H3. The molecule has 0 nitrogen and oxygen atoms in total. The Hall–Kier alpha value is -0.330. The Bertz CT molecular complexity index is 286. The normalized spacial score (nSPS) is 15.0. The van der Waals surface area contributed by atoms with Crippen LogP contribution in [0.2, 0.25) is 0 Å². The predicted molar refractivity (Wildman–Crippen MR) is 113 cm³/mol. The van der Waals surface area contributed by atoms with Gasteiger partial charge in [-0.25, -0.2) is 4.39 Å². The van der Waals surface area contributed by atoms with Crippen LogP contribution in [0.4, 0.5) is 4.39 Å². The average molecular weight is 355 g/mol. The fourth-order valence-corrected chi connectivity index (χ4v) is 3.96. The Balaban J connectivity index is 3.98. The number of hydrogen-bond acceptors (Lipinski definition) is 0. The van der Waals surface area contributed by atoms with E-state index in [0.29, 0.717) is 6.42 Å². The van der Waals surface area contributed by atoms with E-state index in [1.165, 1.54) is 83.5 Å². The van der Waals surface area contributed by atoms with Crippen LogP contribution in [-0.4, -0.2) is 5.67 Å². The second kappa shape index (κ2) is 17.1. The van der Waals surface area contributed by atoms with Crippen molar-refractivity contribution in [3.8, 4) is 0 Å². The highest BCUT2D eigenvalue weighted by Crippen LogP contribution is 2.36. The van der Waals surface area contributed by atoms with Crippen LogP contribution < -0.4 is 0 Å². The largest absolute Gasteiger partial charge is 0.239 e. The van der Waals surface area contributed by atoms with Crippen molar-refractivity contribution in [1.82, 2.24) is 0 Å². The maximum atomic E-state index is 15.4. The predicted octanol–water partition coefficient (Wildman–Crippen LogP) is 9.19. The van der Waals surface area contributed by atoms with Crippen molar-refractivity contribution in [1.29, 1.82) is 0 Å². The molecule has 0 radical (unpaired) electrons. The number of rotatable bonds is 19. The molecule has 0 rings (SSSR count). The molecule has 0 aromatic heterocycles. The maximum absolute atomic E-state index is 15.4. The molecule has 1 heteroatoms. The van der Waals surface area contributed by atoms with Gasteiger partial charge in [-0.05, 0) is 31.6 Å². The number of alkyl halides is 1. The smallest absolute Gasteiger partial charge is 0.131 e. The van der Waals surface area contributed by atoms with Crippen molar-refractivity contribution in [3.05, 3.63) is 12.7 Å². The second-order valence-corrected chi connectivity index (χ2v) is 8.02. The van der Waals surface area contributed by atoms with E-state index in [4.69, 9.17) is 0 Å². The van der Waals surface area contributed by atoms with Gasteiger partial charge in [-0.2, -0.15) is 0 Å². The lowest BCUT2D eigenvalue weighted by Crippen LogP contribution is -2.30. The number of allylic oxidation sites excluding steroid dienone is 1. The lowest BCUT2D eigenvalue weighted by Gasteiger charge is -2.31. The lowest BCUT2D eigenvalue weighted by molar-refractivity contribution is 0.108. The molecule has 0 aromatic rings. The van der Waals surface area contributed by atoms with Crippen LogP contribution in [0.25, 0.3) is 0 Å². The van der Waals surface area contributed by atoms with E-state index in [-0.39, 0.29) is 5.92 Å². The van der Waals surface area contributed by atoms with Gasteiger partial charge in [-0.15, -0.1) is 0 Å². The quantitative estimate of drug-likeness (QED) is 0.160. The van der Waals surface area contributed by atoms with E-state index in [0.717, 1.165) is 19.3 Å². The molecule has 0 aliphatic carbocycles. The third-order valence-electron chi connectivity index (χ3n) is 5.83. The molecule has 0 aromatic carbocycles. The average Bonchev–Trinajstić information content (AvgIpc) is 2.63. The van der Waals surface area contributed by atoms with Gasteiger partial charge in [0.1, 0.15) is 5.67 Å². The van der Waals surface area contributed by atoms with E-state index in [9.17, 15) is 0 Å². The first-order chi connectivity index (χ1) is 12.1. The molecule has 0 bridgehead atoms. The maximum Gasteiger partial charge on any atom is 0.131 e. The topological polar surface area (TPSA) is 0 Å². The molecule has 0 aliphatic heterocycles. The molecule has 0 N–H and O–H groups in total. The van der Waals surface area contributed by atoms with Crippen molar-refractivity contribution in [3.63, 3.8) is 0 Å². The van der Waals surface area contributed by atoms with Gasteiger partial charge < -0.3 is 0 Å². The molecule has 0 heterocycles. The zero-order valence-electron chi connectivity index (χ0n) is 17.8. The molecule has 0 amide bonds. The minimum absolute atomic E-state index is 0.167. The molecular weight excluding hydrogens is 307 g/mol. The first kappa shape index (κ1) is 24.7. The molecule has 2 unspecified atom stereocenters. The minimum atomic E-state index is -1.14. The summed E-state index contributed by atoms with van der Waals surface area (Å²) in [6, 6.07) is 0. The molecule has 0 aliphatic rings. The molecule has 0 saturated heterocycles. The summed E-state index contributed by atoms with van der Waals surface area (Å²) in [5.41, 5.74) is -1.14. The van der Waals surface area contributed by atoms with Crippen molar-refractivity contribution in [2.24, 2.45) is 5.92 Å². The van der Waals surface area contributed by atoms with Crippen LogP contribution in [0.15, 0.2) is 12.7 Å². The minimum Gasteiger partial charge on any atom is -0.239 e. The van der Waals surface area contributed by atoms with Crippen molar-refractivity contribution in [2.45, 2.75) is 136 Å². The Kier molecular flexibility index (Phi) is 16.9. The van der Waals surface area contributed by atoms with Gasteiger partial charge in [0.05, 0.1) is 0 Å². The first-order valence-corrected chi connectivity index (χ1v) is 11.5. The summed E-state index contributed by atoms with van der Waals surface area (Å²) in [6.07, 6.45) is 22.2. The summed E-state index contributed by atoms with van der Waals surface area (Å²) >= 11 is 0. The fourth-order valence-electron chi connectivity index (χ4n) is 3.96. The van der Waals surface area contributed by atoms with Gasteiger partial charge >= 0.3 is 0 Å². The van der Waals surface area contributed by atoms with Crippen molar-refractivity contribution in [2.75, 3.05) is 0 Å². The SMILES string of the molecule is C=CC(F)(CCCCCCCCC)C(CC)CCCCCCCCC. The summed E-state index contributed by atoms with van der Waals surface area (Å²) in [5, 5.41) is 0. The summed E-state index contributed by atoms with van der Waals surface area (Å²) in [6.45, 7) is 10.5. The second-order valence-electron chi connectivity index (χ2n) is 8.02. The Morgan fingerprint density at radius 2 is 1.16 bits per heavy atom. The molecule has 0 saturated carbocycles. The van der Waals surface area contributed by atoms with Gasteiger partial charge in [0.25, 0.3) is 0 Å². The van der Waals surface area contributed by atoms with Crippen molar-refractivity contribution >= 4 is 0 Å². The van der Waals surface area contributed by atoms with Gasteiger partial charge in [0.15, 0.2) is 0 Å². The zero-order chi connectivity index (χ0) is 18.8. The summed E-state index contributed by atoms with van der Waals surface area (Å²) in [7, 11) is 0. The lowest BCUT2D eigenvalue weighted by atomic mass is 9.79. The van der Waals surface area contributed by atoms with Gasteiger partial charge in [-0.1, -0.05) is 117 Å². The monoisotopic (exact) mass is 354 g/mol. The van der Waals surface area contributed by atoms with Crippen LogP contribution in [0.1, 0.15) is 130 Å². The van der Waals surface area contributed by atoms with Crippen LogP contribution in [0.3, 0.4) is 0 Å². The number of unbranched alkanes of at least 4 members (excludes halogenated alkanes) is 12. The highest BCUT2D eigenvalue weighted by molar-refractivity contribution is 5.00. The molecule has 0 fully saturated rings. The molecular formula is C24H47F. The molecule has 2 atom stereocenters. The van der Waals surface area contributed by atoms with Gasteiger partial charge in [-0.3, -0.25) is 0 Å². The summed E-state index contributed by atoms with van der Waals surface area (Å²) in [4.78, 5) is 0. The van der Waals surface area contributed by atoms with E-state index in [1.807, 2.05) is 0 Å². The number of halogens is 1. The fraction of sp³-hybridized carbons (Fsp3) is 0.917. The van der Waals surface area contributed by atoms with E-state index >= 15 is 4.39 Å². The van der Waals surface area contributed by atoms with E-state index in [2.05, 4.69) is 27.4 Å². The van der Waals surface area contributed by atoms with E-state index < -0.39 is 5.67 Å². The first-order valence-electron chi connectivity index (χ1n) is 11.5. The molecule has 150 valence electrons. The Morgan fingerprint density at radius 3 is 1.60 bits per heavy atom. The van der Waals surface area contributed by atoms with Crippen LogP contribution >= 0.6 is 0 Å². The van der Waals surface area contributed by atoms with Crippen LogP contribution in [0.5, 0.6) is 0 Å². The highest BCUT2D eigenvalue weighted by Gasteiger charge is 2.33. The van der Waals surface area contributed by atoms with Gasteiger partial charge in [0, 0.05) is 0 Å². The zero-order valence-corrected chi connectivity index (χ0v) is 17.8. The summed E-state index contributed by atoms with van der Waals surface area (Å²) in [5.74, 6) is 0.167. The van der Waals surface area contributed by atoms with Crippen LogP contribution in [0, 0.1) is 5.92 Å². The third-order valence-corrected chi connectivity index (χ3v) is 5.83. The van der Waals surface area contributed by atoms with E-state index in [1.54, 1.807) is 6.08 Å². The third kappa shape index (κ3) is 12.6. The molecule has 25 heavy (non-hydrogen) atoms. The summed E-state index contributed by atoms with van der Waals surface area (Å²) < 4.78 is 15.4. The molecule has 0 spiro atoms. The Labute approximate surface area is 159 Å². The Morgan fingerprint density at radius 1 is 0.720 bits per heavy atom. The van der Waals surface area contributed by atoms with Crippen molar-refractivity contribution < 1.29 is 4.39 Å².